The number of nitrogens with one attached hydrogen (secondary N) is 1. The highest BCUT2D eigenvalue weighted by molar-refractivity contribution is 8.01. The van der Waals surface area contributed by atoms with Crippen molar-refractivity contribution >= 4 is 45.2 Å². The third-order valence-corrected chi connectivity index (χ3v) is 10.8. The second-order valence-corrected chi connectivity index (χ2v) is 14.0. The summed E-state index contributed by atoms with van der Waals surface area (Å²) in [6, 6.07) is 22.4. The number of hydrogen-bond donors (Lipinski definition) is 1. The Morgan fingerprint density at radius 3 is 2.51 bits per heavy atom. The lowest BCUT2D eigenvalue weighted by atomic mass is 9.99. The van der Waals surface area contributed by atoms with Gasteiger partial charge in [0.05, 0.1) is 28.4 Å². The molecule has 3 atom stereocenters. The number of para-hydroxylation sites is 1. The number of aryl methyl sites for hydroxylation is 2. The molecule has 0 spiro atoms. The van der Waals surface area contributed by atoms with Crippen LogP contribution in [0.5, 0.6) is 11.5 Å². The molecule has 1 N–H and O–H groups in total. The Morgan fingerprint density at radius 2 is 1.76 bits per heavy atom. The van der Waals surface area contributed by atoms with Gasteiger partial charge in [0.1, 0.15) is 21.8 Å². The fourth-order valence-corrected chi connectivity index (χ4v) is 8.35. The number of urea groups is 1. The van der Waals surface area contributed by atoms with Gasteiger partial charge in [-0.3, -0.25) is 13.9 Å². The third kappa shape index (κ3) is 5.54. The summed E-state index contributed by atoms with van der Waals surface area (Å²) in [4.78, 5) is 35.4. The fraction of sp³-hybridized carbons (Fsp3) is 0.242. The van der Waals surface area contributed by atoms with Crippen LogP contribution >= 0.6 is 11.8 Å². The molecule has 1 aromatic heterocycles. The summed E-state index contributed by atoms with van der Waals surface area (Å²) < 4.78 is 37.2. The van der Waals surface area contributed by atoms with E-state index in [-0.39, 0.29) is 23.4 Å². The van der Waals surface area contributed by atoms with Crippen LogP contribution in [0.3, 0.4) is 0 Å². The van der Waals surface area contributed by atoms with Crippen LogP contribution in [0.2, 0.25) is 0 Å². The second-order valence-electron chi connectivity index (χ2n) is 11.3. The predicted molar refractivity (Wildman–Crippen MR) is 169 cm³/mol. The molecule has 4 heterocycles. The van der Waals surface area contributed by atoms with Crippen LogP contribution in [-0.2, 0) is 19.1 Å². The van der Waals surface area contributed by atoms with E-state index >= 15 is 0 Å². The van der Waals surface area contributed by atoms with Crippen molar-refractivity contribution in [2.75, 3.05) is 18.0 Å². The van der Waals surface area contributed by atoms with Crippen LogP contribution in [0.1, 0.15) is 29.2 Å². The van der Waals surface area contributed by atoms with E-state index in [1.165, 1.54) is 23.9 Å². The zero-order chi connectivity index (χ0) is 31.3. The summed E-state index contributed by atoms with van der Waals surface area (Å²) in [6.45, 7) is 4.29. The van der Waals surface area contributed by atoms with Crippen LogP contribution in [-0.4, -0.2) is 54.7 Å². The quantitative estimate of drug-likeness (QED) is 0.249. The lowest BCUT2D eigenvalue weighted by molar-refractivity contribution is -0.130. The van der Waals surface area contributed by atoms with Crippen LogP contribution in [0.4, 0.5) is 16.2 Å². The van der Waals surface area contributed by atoms with E-state index in [1.807, 2.05) is 62.4 Å². The maximum atomic E-state index is 13.8. The Morgan fingerprint density at radius 1 is 0.978 bits per heavy atom. The number of pyridine rings is 1. The first-order valence-corrected chi connectivity index (χ1v) is 16.9. The second kappa shape index (κ2) is 11.5. The summed E-state index contributed by atoms with van der Waals surface area (Å²) in [6.07, 6.45) is 1.38. The number of ether oxygens (including phenoxy) is 1. The maximum Gasteiger partial charge on any atom is 0.327 e. The molecule has 3 aliphatic heterocycles. The van der Waals surface area contributed by atoms with Gasteiger partial charge in [-0.25, -0.2) is 9.78 Å². The first kappa shape index (κ1) is 29.3. The molecule has 230 valence electrons. The molecule has 0 radical (unpaired) electrons. The minimum absolute atomic E-state index is 0.0846. The average molecular weight is 643 g/mol. The molecule has 1 saturated heterocycles. The number of hydrogen-bond acceptors (Lipinski definition) is 8. The number of carbonyl (C=O) groups is 2. The van der Waals surface area contributed by atoms with Crippen molar-refractivity contribution in [3.05, 3.63) is 102 Å². The number of aromatic nitrogens is 1. The minimum atomic E-state index is -3.97. The number of amides is 3. The molecular weight excluding hydrogens is 613 g/mol. The average Bonchev–Trinajstić information content (AvgIpc) is 3.63. The Bertz CT molecular complexity index is 1900. The van der Waals surface area contributed by atoms with Crippen molar-refractivity contribution in [2.45, 2.75) is 47.6 Å². The Balaban J connectivity index is 1.08. The minimum Gasteiger partial charge on any atom is -0.457 e. The molecule has 12 heteroatoms. The third-order valence-electron chi connectivity index (χ3n) is 8.17. The van der Waals surface area contributed by atoms with Gasteiger partial charge in [0, 0.05) is 24.8 Å². The standard InChI is InChI=1S/C33H30N4O6S2/c1-20-8-11-25(12-9-20)45(40,41)43-24-15-17-36(19-24)32(38)30-29-28-27(14-16-34-31(28)44-30)37(33(39)35-29)26-13-10-23(18-21(26)2)42-22-6-4-3-5-7-22/h3-14,16,18,24,29-30H,15,17,19H2,1-2H3,(H,35,39)/t24-,29?,30?/m1/s1. The van der Waals surface area contributed by atoms with Gasteiger partial charge in [-0.05, 0) is 74.4 Å². The highest BCUT2D eigenvalue weighted by Crippen LogP contribution is 2.51. The number of carbonyl (C=O) groups excluding carboxylic acids is 2. The van der Waals surface area contributed by atoms with E-state index in [2.05, 4.69) is 10.3 Å². The SMILES string of the molecule is Cc1ccc(S(=O)(=O)O[C@@H]2CCN(C(=O)C3Sc4nccc5c4C3NC(=O)N5c3ccc(Oc4ccccc4)cc3C)C2)cc1. The Kier molecular flexibility index (Phi) is 7.50. The van der Waals surface area contributed by atoms with Crippen molar-refractivity contribution in [3.63, 3.8) is 0 Å². The highest BCUT2D eigenvalue weighted by Gasteiger charge is 2.48. The van der Waals surface area contributed by atoms with Crippen LogP contribution in [0.25, 0.3) is 0 Å². The van der Waals surface area contributed by atoms with E-state index < -0.39 is 27.5 Å². The number of anilines is 2. The molecule has 0 aliphatic carbocycles. The molecule has 4 aromatic rings. The van der Waals surface area contributed by atoms with E-state index in [1.54, 1.807) is 34.2 Å². The van der Waals surface area contributed by atoms with Crippen LogP contribution in [0.15, 0.2) is 95.0 Å². The molecule has 0 saturated carbocycles. The topological polar surface area (TPSA) is 118 Å². The molecule has 7 rings (SSSR count). The zero-order valence-electron chi connectivity index (χ0n) is 24.5. The lowest BCUT2D eigenvalue weighted by Crippen LogP contribution is -2.49. The Hall–Kier alpha value is -4.39. The van der Waals surface area contributed by atoms with Gasteiger partial charge < -0.3 is 15.0 Å². The molecule has 0 bridgehead atoms. The monoisotopic (exact) mass is 642 g/mol. The summed E-state index contributed by atoms with van der Waals surface area (Å²) >= 11 is 1.31. The van der Waals surface area contributed by atoms with Crippen molar-refractivity contribution in [3.8, 4) is 11.5 Å². The van der Waals surface area contributed by atoms with Crippen LogP contribution < -0.4 is 15.0 Å². The first-order valence-electron chi connectivity index (χ1n) is 14.6. The van der Waals surface area contributed by atoms with E-state index in [0.29, 0.717) is 40.9 Å². The number of likely N-dealkylation sites (tertiary alicyclic amines) is 1. The molecule has 3 aliphatic rings. The van der Waals surface area contributed by atoms with E-state index in [0.717, 1.165) is 16.7 Å². The summed E-state index contributed by atoms with van der Waals surface area (Å²) in [5, 5.41) is 3.09. The molecular formula is C33H30N4O6S2. The largest absolute Gasteiger partial charge is 0.457 e. The lowest BCUT2D eigenvalue weighted by Gasteiger charge is -2.35. The predicted octanol–water partition coefficient (Wildman–Crippen LogP) is 5.87. The van der Waals surface area contributed by atoms with E-state index in [4.69, 9.17) is 8.92 Å². The van der Waals surface area contributed by atoms with Crippen molar-refractivity contribution in [1.82, 2.24) is 15.2 Å². The molecule has 10 nitrogen and oxygen atoms in total. The molecule has 3 amide bonds. The van der Waals surface area contributed by atoms with Gasteiger partial charge in [-0.15, -0.1) is 0 Å². The molecule has 2 unspecified atom stereocenters. The summed E-state index contributed by atoms with van der Waals surface area (Å²) in [7, 11) is -3.97. The summed E-state index contributed by atoms with van der Waals surface area (Å²) in [5.74, 6) is 1.17. The Labute approximate surface area is 265 Å². The van der Waals surface area contributed by atoms with Gasteiger partial charge in [0.15, 0.2) is 0 Å². The molecule has 1 fully saturated rings. The molecule has 45 heavy (non-hydrogen) atoms. The van der Waals surface area contributed by atoms with Crippen molar-refractivity contribution in [2.24, 2.45) is 0 Å². The van der Waals surface area contributed by atoms with Gasteiger partial charge >= 0.3 is 6.03 Å². The zero-order valence-corrected chi connectivity index (χ0v) is 26.2. The smallest absolute Gasteiger partial charge is 0.327 e. The van der Waals surface area contributed by atoms with Crippen molar-refractivity contribution < 1.29 is 26.9 Å². The van der Waals surface area contributed by atoms with Crippen molar-refractivity contribution in [1.29, 1.82) is 0 Å². The van der Waals surface area contributed by atoms with E-state index in [9.17, 15) is 18.0 Å². The maximum absolute atomic E-state index is 13.8. The number of rotatable bonds is 7. The normalized spacial score (nSPS) is 20.6. The number of benzene rings is 3. The summed E-state index contributed by atoms with van der Waals surface area (Å²) in [5.41, 5.74) is 3.93. The van der Waals surface area contributed by atoms with Gasteiger partial charge in [-0.2, -0.15) is 8.42 Å². The van der Waals surface area contributed by atoms with Crippen LogP contribution in [0, 0.1) is 13.8 Å². The van der Waals surface area contributed by atoms with Gasteiger partial charge in [0.25, 0.3) is 10.1 Å². The number of nitrogens with zero attached hydrogens (tertiary/aromatic N) is 3. The first-order chi connectivity index (χ1) is 21.7. The fourth-order valence-electron chi connectivity index (χ4n) is 5.95. The molecule has 3 aromatic carbocycles. The van der Waals surface area contributed by atoms with Gasteiger partial charge in [-0.1, -0.05) is 47.7 Å². The highest BCUT2D eigenvalue weighted by atomic mass is 32.2. The number of thioether (sulfide) groups is 1. The van der Waals surface area contributed by atoms with Gasteiger partial charge in [0.2, 0.25) is 5.91 Å².